The van der Waals surface area contributed by atoms with Gasteiger partial charge in [-0.05, 0) is 53.0 Å². The summed E-state index contributed by atoms with van der Waals surface area (Å²) in [4.78, 5) is 0. The Morgan fingerprint density at radius 3 is 2.48 bits per heavy atom. The molecule has 1 aromatic heterocycles. The monoisotopic (exact) mass is 376 g/mol. The molecule has 0 fully saturated rings. The van der Waals surface area contributed by atoms with E-state index in [2.05, 4.69) is 64.3 Å². The molecule has 0 unspecified atom stereocenters. The Morgan fingerprint density at radius 1 is 1.12 bits per heavy atom. The molecule has 2 rings (SSSR count). The van der Waals surface area contributed by atoms with Crippen LogP contribution < -0.4 is 4.74 Å². The van der Waals surface area contributed by atoms with Crippen LogP contribution in [0, 0.1) is 6.92 Å². The molecular weight excluding hydrogens is 344 g/mol. The molecule has 1 aromatic carbocycles. The fraction of sp³-hybridized carbons (Fsp3) is 0.545. The highest BCUT2D eigenvalue weighted by atomic mass is 32.2. The maximum atomic E-state index is 6.02. The van der Waals surface area contributed by atoms with Gasteiger partial charge in [0.15, 0.2) is 5.06 Å². The third-order valence-electron chi connectivity index (χ3n) is 4.32. The van der Waals surface area contributed by atoms with Gasteiger partial charge in [-0.1, -0.05) is 58.4 Å². The van der Waals surface area contributed by atoms with Crippen LogP contribution in [0.1, 0.15) is 62.8 Å². The van der Waals surface area contributed by atoms with Crippen molar-refractivity contribution in [1.82, 2.24) is 0 Å². The molecule has 0 saturated heterocycles. The van der Waals surface area contributed by atoms with Crippen LogP contribution in [-0.2, 0) is 17.6 Å². The van der Waals surface area contributed by atoms with Gasteiger partial charge in [0.1, 0.15) is 0 Å². The number of thioether (sulfide) groups is 1. The summed E-state index contributed by atoms with van der Waals surface area (Å²) in [5.74, 6) is 2.23. The SMILES string of the molecule is CCCc1c(C)csc1OCCCSCc1ccc(C(C)(C)C)cc1. The van der Waals surface area contributed by atoms with E-state index in [0.29, 0.717) is 0 Å². The van der Waals surface area contributed by atoms with Gasteiger partial charge in [-0.15, -0.1) is 11.3 Å². The molecule has 2 aromatic rings. The summed E-state index contributed by atoms with van der Waals surface area (Å²) in [6.45, 7) is 12.0. The summed E-state index contributed by atoms with van der Waals surface area (Å²) in [6, 6.07) is 9.09. The van der Waals surface area contributed by atoms with E-state index in [4.69, 9.17) is 4.74 Å². The third-order valence-corrected chi connectivity index (χ3v) is 6.48. The van der Waals surface area contributed by atoms with E-state index in [-0.39, 0.29) is 5.41 Å². The predicted molar refractivity (Wildman–Crippen MR) is 114 cm³/mol. The lowest BCUT2D eigenvalue weighted by Crippen LogP contribution is -2.10. The predicted octanol–water partition coefficient (Wildman–Crippen LogP) is 7.01. The number of benzene rings is 1. The molecule has 0 bridgehead atoms. The third kappa shape index (κ3) is 6.38. The van der Waals surface area contributed by atoms with Gasteiger partial charge < -0.3 is 4.74 Å². The molecule has 0 N–H and O–H groups in total. The van der Waals surface area contributed by atoms with Crippen LogP contribution in [0.15, 0.2) is 29.6 Å². The number of rotatable bonds is 9. The molecule has 0 saturated carbocycles. The molecule has 0 amide bonds. The average molecular weight is 377 g/mol. The Kier molecular flexibility index (Phi) is 7.89. The first-order valence-electron chi connectivity index (χ1n) is 9.28. The van der Waals surface area contributed by atoms with Crippen LogP contribution in [0.4, 0.5) is 0 Å². The molecular formula is C22H32OS2. The van der Waals surface area contributed by atoms with Crippen LogP contribution in [0.5, 0.6) is 5.06 Å². The number of thiophene rings is 1. The van der Waals surface area contributed by atoms with Crippen molar-refractivity contribution in [2.75, 3.05) is 12.4 Å². The number of aryl methyl sites for hydroxylation is 1. The summed E-state index contributed by atoms with van der Waals surface area (Å²) in [5, 5.41) is 3.36. The Bertz CT molecular complexity index is 635. The van der Waals surface area contributed by atoms with Crippen LogP contribution in [0.25, 0.3) is 0 Å². The van der Waals surface area contributed by atoms with Crippen LogP contribution in [0.2, 0.25) is 0 Å². The van der Waals surface area contributed by atoms with E-state index in [1.165, 1.54) is 28.7 Å². The minimum absolute atomic E-state index is 0.236. The Labute approximate surface area is 162 Å². The van der Waals surface area contributed by atoms with Gasteiger partial charge in [-0.2, -0.15) is 11.8 Å². The smallest absolute Gasteiger partial charge is 0.177 e. The topological polar surface area (TPSA) is 9.23 Å². The first kappa shape index (κ1) is 20.4. The molecule has 1 heterocycles. The Hall–Kier alpha value is -0.930. The molecule has 0 atom stereocenters. The first-order valence-corrected chi connectivity index (χ1v) is 11.3. The molecule has 1 nitrogen and oxygen atoms in total. The molecule has 25 heavy (non-hydrogen) atoms. The van der Waals surface area contributed by atoms with E-state index in [0.717, 1.165) is 36.0 Å². The number of hydrogen-bond acceptors (Lipinski definition) is 3. The van der Waals surface area contributed by atoms with Gasteiger partial charge >= 0.3 is 0 Å². The van der Waals surface area contributed by atoms with Crippen molar-refractivity contribution >= 4 is 23.1 Å². The number of ether oxygens (including phenoxy) is 1. The minimum atomic E-state index is 0.236. The highest BCUT2D eigenvalue weighted by Crippen LogP contribution is 2.31. The second-order valence-electron chi connectivity index (χ2n) is 7.64. The zero-order chi connectivity index (χ0) is 18.3. The van der Waals surface area contributed by atoms with Crippen molar-refractivity contribution in [3.8, 4) is 5.06 Å². The normalized spacial score (nSPS) is 11.7. The van der Waals surface area contributed by atoms with Crippen LogP contribution in [-0.4, -0.2) is 12.4 Å². The summed E-state index contributed by atoms with van der Waals surface area (Å²) in [6.07, 6.45) is 3.41. The minimum Gasteiger partial charge on any atom is -0.484 e. The van der Waals surface area contributed by atoms with Crippen molar-refractivity contribution in [2.45, 2.75) is 65.0 Å². The van der Waals surface area contributed by atoms with Crippen molar-refractivity contribution in [3.63, 3.8) is 0 Å². The van der Waals surface area contributed by atoms with Crippen molar-refractivity contribution < 1.29 is 4.74 Å². The van der Waals surface area contributed by atoms with E-state index in [9.17, 15) is 0 Å². The lowest BCUT2D eigenvalue weighted by Gasteiger charge is -2.19. The zero-order valence-corrected chi connectivity index (χ0v) is 18.0. The zero-order valence-electron chi connectivity index (χ0n) is 16.4. The fourth-order valence-corrected chi connectivity index (χ4v) is 4.61. The lowest BCUT2D eigenvalue weighted by molar-refractivity contribution is 0.324. The van der Waals surface area contributed by atoms with Crippen molar-refractivity contribution in [2.24, 2.45) is 0 Å². The van der Waals surface area contributed by atoms with E-state index in [1.807, 2.05) is 11.8 Å². The molecule has 138 valence electrons. The largest absolute Gasteiger partial charge is 0.484 e. The average Bonchev–Trinajstić information content (AvgIpc) is 2.91. The van der Waals surface area contributed by atoms with E-state index >= 15 is 0 Å². The second-order valence-corrected chi connectivity index (χ2v) is 9.58. The van der Waals surface area contributed by atoms with Crippen molar-refractivity contribution in [1.29, 1.82) is 0 Å². The summed E-state index contributed by atoms with van der Waals surface area (Å²) >= 11 is 3.75. The van der Waals surface area contributed by atoms with Gasteiger partial charge in [0, 0.05) is 11.3 Å². The van der Waals surface area contributed by atoms with E-state index in [1.54, 1.807) is 11.3 Å². The summed E-state index contributed by atoms with van der Waals surface area (Å²) in [7, 11) is 0. The summed E-state index contributed by atoms with van der Waals surface area (Å²) in [5.41, 5.74) is 5.86. The van der Waals surface area contributed by atoms with Crippen LogP contribution in [0.3, 0.4) is 0 Å². The maximum absolute atomic E-state index is 6.02. The Morgan fingerprint density at radius 2 is 1.84 bits per heavy atom. The van der Waals surface area contributed by atoms with Crippen molar-refractivity contribution in [3.05, 3.63) is 51.9 Å². The molecule has 0 aliphatic heterocycles. The van der Waals surface area contributed by atoms with Gasteiger partial charge in [-0.3, -0.25) is 0 Å². The molecule has 0 aliphatic carbocycles. The quantitative estimate of drug-likeness (QED) is 0.435. The van der Waals surface area contributed by atoms with Gasteiger partial charge in [0.25, 0.3) is 0 Å². The highest BCUT2D eigenvalue weighted by molar-refractivity contribution is 7.98. The second kappa shape index (κ2) is 9.68. The molecule has 0 radical (unpaired) electrons. The summed E-state index contributed by atoms with van der Waals surface area (Å²) < 4.78 is 6.02. The Balaban J connectivity index is 1.67. The fourth-order valence-electron chi connectivity index (χ4n) is 2.73. The lowest BCUT2D eigenvalue weighted by atomic mass is 9.87. The van der Waals surface area contributed by atoms with Gasteiger partial charge in [0.05, 0.1) is 6.61 Å². The molecule has 0 spiro atoms. The van der Waals surface area contributed by atoms with E-state index < -0.39 is 0 Å². The molecule has 3 heteroatoms. The standard InChI is InChI=1S/C22H32OS2/c1-6-8-20-17(2)15-25-21(20)23-13-7-14-24-16-18-9-11-19(12-10-18)22(3,4)5/h9-12,15H,6-8,13-14,16H2,1-5H3. The maximum Gasteiger partial charge on any atom is 0.177 e. The molecule has 0 aliphatic rings. The highest BCUT2D eigenvalue weighted by Gasteiger charge is 2.12. The van der Waals surface area contributed by atoms with Crippen LogP contribution >= 0.6 is 23.1 Å². The first-order chi connectivity index (χ1) is 11.9. The van der Waals surface area contributed by atoms with Gasteiger partial charge in [-0.25, -0.2) is 0 Å². The number of hydrogen-bond donors (Lipinski definition) is 0. The van der Waals surface area contributed by atoms with Gasteiger partial charge in [0.2, 0.25) is 0 Å².